The lowest BCUT2D eigenvalue weighted by atomic mass is 10.1. The Morgan fingerprint density at radius 1 is 1.12 bits per heavy atom. The molecule has 0 saturated carbocycles. The van der Waals surface area contributed by atoms with Crippen LogP contribution in [-0.4, -0.2) is 38.5 Å². The van der Waals surface area contributed by atoms with Crippen molar-refractivity contribution in [1.29, 1.82) is 0 Å². The molecule has 2 heterocycles. The summed E-state index contributed by atoms with van der Waals surface area (Å²) in [6, 6.07) is 7.46. The molecule has 1 aromatic carbocycles. The Labute approximate surface area is 163 Å². The van der Waals surface area contributed by atoms with Crippen LogP contribution in [0.1, 0.15) is 9.67 Å². The van der Waals surface area contributed by atoms with Crippen LogP contribution in [-0.2, 0) is 4.74 Å². The molecule has 8 heteroatoms. The van der Waals surface area contributed by atoms with E-state index in [0.29, 0.717) is 4.88 Å². The van der Waals surface area contributed by atoms with Crippen molar-refractivity contribution in [2.24, 2.45) is 0 Å². The fourth-order valence-electron chi connectivity index (χ4n) is 2.41. The van der Waals surface area contributed by atoms with Crippen molar-refractivity contribution in [3.05, 3.63) is 34.5 Å². The SMILES string of the molecule is COC(=O)c1cc(-c2nc(-c3cc(OC)ccc3OC)cs2)c(SC)s1. The summed E-state index contributed by atoms with van der Waals surface area (Å²) >= 11 is 4.53. The molecule has 3 rings (SSSR count). The van der Waals surface area contributed by atoms with Crippen LogP contribution in [0.15, 0.2) is 33.9 Å². The van der Waals surface area contributed by atoms with Gasteiger partial charge in [-0.05, 0) is 30.5 Å². The van der Waals surface area contributed by atoms with Gasteiger partial charge in [-0.3, -0.25) is 0 Å². The van der Waals surface area contributed by atoms with Gasteiger partial charge in [0.2, 0.25) is 0 Å². The molecule has 136 valence electrons. The standard InChI is InChI=1S/C18H17NO4S3/c1-21-10-5-6-14(22-2)11(7-10)13-9-25-16(19-13)12-8-15(17(20)23-3)26-18(12)24-4/h5-9H,1-4H3. The van der Waals surface area contributed by atoms with Gasteiger partial charge in [0.25, 0.3) is 0 Å². The van der Waals surface area contributed by atoms with Gasteiger partial charge in [-0.25, -0.2) is 9.78 Å². The van der Waals surface area contributed by atoms with Crippen LogP contribution >= 0.6 is 34.4 Å². The molecular formula is C18H17NO4S3. The Balaban J connectivity index is 2.04. The van der Waals surface area contributed by atoms with Gasteiger partial charge in [0.1, 0.15) is 21.4 Å². The van der Waals surface area contributed by atoms with Crippen molar-refractivity contribution in [3.8, 4) is 33.3 Å². The molecule has 0 fully saturated rings. The number of carbonyl (C=O) groups is 1. The minimum absolute atomic E-state index is 0.331. The Morgan fingerprint density at radius 2 is 1.92 bits per heavy atom. The lowest BCUT2D eigenvalue weighted by Crippen LogP contribution is -1.96. The van der Waals surface area contributed by atoms with Gasteiger partial charge in [0.05, 0.1) is 31.2 Å². The van der Waals surface area contributed by atoms with E-state index in [2.05, 4.69) is 0 Å². The molecular weight excluding hydrogens is 390 g/mol. The first-order valence-corrected chi connectivity index (χ1v) is 10.5. The third-order valence-electron chi connectivity index (χ3n) is 3.69. The van der Waals surface area contributed by atoms with E-state index in [0.717, 1.165) is 37.5 Å². The van der Waals surface area contributed by atoms with E-state index in [1.54, 1.807) is 26.0 Å². The molecule has 0 radical (unpaired) electrons. The lowest BCUT2D eigenvalue weighted by Gasteiger charge is -2.08. The fourth-order valence-corrected chi connectivity index (χ4v) is 5.17. The van der Waals surface area contributed by atoms with Crippen molar-refractivity contribution < 1.29 is 19.0 Å². The molecule has 0 atom stereocenters. The minimum atomic E-state index is -0.331. The van der Waals surface area contributed by atoms with Gasteiger partial charge in [-0.15, -0.1) is 34.4 Å². The zero-order valence-electron chi connectivity index (χ0n) is 14.7. The monoisotopic (exact) mass is 407 g/mol. The third-order valence-corrected chi connectivity index (χ3v) is 6.81. The predicted octanol–water partition coefficient (Wildman–Crippen LogP) is 5.06. The summed E-state index contributed by atoms with van der Waals surface area (Å²) in [5.74, 6) is 1.14. The molecule has 0 N–H and O–H groups in total. The summed E-state index contributed by atoms with van der Waals surface area (Å²) in [7, 11) is 4.64. The summed E-state index contributed by atoms with van der Waals surface area (Å²) in [6.45, 7) is 0. The largest absolute Gasteiger partial charge is 0.497 e. The number of hydrogen-bond donors (Lipinski definition) is 0. The first-order chi connectivity index (χ1) is 12.6. The number of methoxy groups -OCH3 is 3. The van der Waals surface area contributed by atoms with Gasteiger partial charge >= 0.3 is 5.97 Å². The second-order valence-electron chi connectivity index (χ2n) is 5.11. The third kappa shape index (κ3) is 3.58. The summed E-state index contributed by atoms with van der Waals surface area (Å²) in [5.41, 5.74) is 2.61. The Hall–Kier alpha value is -2.03. The highest BCUT2D eigenvalue weighted by Crippen LogP contribution is 2.41. The number of rotatable bonds is 6. The van der Waals surface area contributed by atoms with Crippen LogP contribution in [0.4, 0.5) is 0 Å². The highest BCUT2D eigenvalue weighted by Gasteiger charge is 2.19. The molecule has 0 amide bonds. The molecule has 0 aliphatic heterocycles. The molecule has 3 aromatic rings. The van der Waals surface area contributed by atoms with Crippen molar-refractivity contribution in [1.82, 2.24) is 4.98 Å². The number of esters is 1. The second kappa shape index (κ2) is 8.11. The maximum Gasteiger partial charge on any atom is 0.348 e. The topological polar surface area (TPSA) is 57.7 Å². The molecule has 0 aliphatic rings. The zero-order chi connectivity index (χ0) is 18.7. The molecule has 5 nitrogen and oxygen atoms in total. The smallest absolute Gasteiger partial charge is 0.348 e. The number of aromatic nitrogens is 1. The van der Waals surface area contributed by atoms with Crippen molar-refractivity contribution >= 4 is 40.4 Å². The van der Waals surface area contributed by atoms with Gasteiger partial charge < -0.3 is 14.2 Å². The molecule has 0 spiro atoms. The lowest BCUT2D eigenvalue weighted by molar-refractivity contribution is 0.0606. The number of hydrogen-bond acceptors (Lipinski definition) is 8. The summed E-state index contributed by atoms with van der Waals surface area (Å²) in [4.78, 5) is 17.2. The zero-order valence-corrected chi connectivity index (χ0v) is 17.1. The number of thiazole rings is 1. The van der Waals surface area contributed by atoms with E-state index < -0.39 is 0 Å². The average molecular weight is 408 g/mol. The Kier molecular flexibility index (Phi) is 5.85. The number of carbonyl (C=O) groups excluding carboxylic acids is 1. The van der Waals surface area contributed by atoms with E-state index in [9.17, 15) is 4.79 Å². The van der Waals surface area contributed by atoms with E-state index in [-0.39, 0.29) is 5.97 Å². The molecule has 0 aliphatic carbocycles. The van der Waals surface area contributed by atoms with Crippen LogP contribution < -0.4 is 9.47 Å². The predicted molar refractivity (Wildman–Crippen MR) is 107 cm³/mol. The van der Waals surface area contributed by atoms with E-state index in [1.807, 2.05) is 35.9 Å². The summed E-state index contributed by atoms with van der Waals surface area (Å²) in [6.07, 6.45) is 1.98. The van der Waals surface area contributed by atoms with Crippen molar-refractivity contribution in [3.63, 3.8) is 0 Å². The number of ether oxygens (including phenoxy) is 3. The summed E-state index contributed by atoms with van der Waals surface area (Å²) < 4.78 is 16.6. The highest BCUT2D eigenvalue weighted by atomic mass is 32.2. The number of nitrogens with zero attached hydrogens (tertiary/aromatic N) is 1. The second-order valence-corrected chi connectivity index (χ2v) is 8.10. The Bertz CT molecular complexity index is 932. The van der Waals surface area contributed by atoms with Crippen LogP contribution in [0.25, 0.3) is 21.8 Å². The van der Waals surface area contributed by atoms with Crippen LogP contribution in [0.2, 0.25) is 0 Å². The molecule has 2 aromatic heterocycles. The average Bonchev–Trinajstić information content (AvgIpc) is 3.33. The van der Waals surface area contributed by atoms with Crippen LogP contribution in [0.3, 0.4) is 0 Å². The number of thiophene rings is 1. The Morgan fingerprint density at radius 3 is 2.58 bits per heavy atom. The maximum absolute atomic E-state index is 11.8. The summed E-state index contributed by atoms with van der Waals surface area (Å²) in [5, 5.41) is 2.83. The molecule has 0 bridgehead atoms. The van der Waals surface area contributed by atoms with E-state index >= 15 is 0 Å². The fraction of sp³-hybridized carbons (Fsp3) is 0.222. The highest BCUT2D eigenvalue weighted by molar-refractivity contribution is 8.00. The molecule has 0 unspecified atom stereocenters. The number of benzene rings is 1. The first-order valence-electron chi connectivity index (χ1n) is 7.55. The number of thioether (sulfide) groups is 1. The first kappa shape index (κ1) is 18.8. The molecule has 0 saturated heterocycles. The molecule has 26 heavy (non-hydrogen) atoms. The van der Waals surface area contributed by atoms with Gasteiger partial charge in [0.15, 0.2) is 0 Å². The quantitative estimate of drug-likeness (QED) is 0.420. The van der Waals surface area contributed by atoms with E-state index in [4.69, 9.17) is 19.2 Å². The van der Waals surface area contributed by atoms with Gasteiger partial charge in [-0.2, -0.15) is 0 Å². The van der Waals surface area contributed by atoms with Crippen molar-refractivity contribution in [2.45, 2.75) is 4.21 Å². The minimum Gasteiger partial charge on any atom is -0.497 e. The van der Waals surface area contributed by atoms with Crippen LogP contribution in [0.5, 0.6) is 11.5 Å². The van der Waals surface area contributed by atoms with Gasteiger partial charge in [0, 0.05) is 16.5 Å². The van der Waals surface area contributed by atoms with Gasteiger partial charge in [-0.1, -0.05) is 0 Å². The maximum atomic E-state index is 11.8. The van der Waals surface area contributed by atoms with Crippen LogP contribution in [0, 0.1) is 0 Å². The normalized spacial score (nSPS) is 10.6. The van der Waals surface area contributed by atoms with Crippen molar-refractivity contribution in [2.75, 3.05) is 27.6 Å². The van der Waals surface area contributed by atoms with E-state index in [1.165, 1.54) is 29.8 Å².